The lowest BCUT2D eigenvalue weighted by molar-refractivity contribution is -0.248. The Balaban J connectivity index is 0.751. The van der Waals surface area contributed by atoms with E-state index in [-0.39, 0.29) is 104 Å². The lowest BCUT2D eigenvalue weighted by Crippen LogP contribution is -2.64. The summed E-state index contributed by atoms with van der Waals surface area (Å²) >= 11 is 1.40. The largest absolute Gasteiger partial charge is 0.476 e. The summed E-state index contributed by atoms with van der Waals surface area (Å²) in [7, 11) is -8.06. The summed E-state index contributed by atoms with van der Waals surface area (Å²) in [6, 6.07) is 21.7. The Labute approximate surface area is 598 Å². The first-order valence-corrected chi connectivity index (χ1v) is 38.5. The van der Waals surface area contributed by atoms with Crippen LogP contribution in [-0.4, -0.2) is 149 Å². The quantitative estimate of drug-likeness (QED) is 0.0135. The first-order chi connectivity index (χ1) is 48.3. The summed E-state index contributed by atoms with van der Waals surface area (Å²) in [6.07, 6.45) is 8.30. The number of nitrogens with two attached hydrogens (primary N) is 1. The number of benzene rings is 3. The second-order valence-corrected chi connectivity index (χ2v) is 33.3. The number of nitrogens with zero attached hydrogens (tertiary/aromatic N) is 6. The van der Waals surface area contributed by atoms with Crippen molar-refractivity contribution < 1.29 is 69.5 Å². The van der Waals surface area contributed by atoms with Gasteiger partial charge in [-0.1, -0.05) is 88.4 Å². The Morgan fingerprint density at radius 1 is 0.843 bits per heavy atom. The number of urea groups is 1. The van der Waals surface area contributed by atoms with E-state index in [4.69, 9.17) is 25.3 Å². The second-order valence-electron chi connectivity index (χ2n) is 29.0. The Morgan fingerprint density at radius 2 is 1.59 bits per heavy atom. The Morgan fingerprint density at radius 3 is 2.28 bits per heavy atom. The Hall–Kier alpha value is -8.68. The number of hydrogen-bond donors (Lipinski definition) is 8. The number of carbonyl (C=O) groups excluding carboxylic acids is 6. The normalized spacial score (nSPS) is 20.5. The fourth-order valence-corrected chi connectivity index (χ4v) is 18.3. The predicted octanol–water partition coefficient (Wildman–Crippen LogP) is 9.77. The molecule has 30 heteroatoms. The lowest BCUT2D eigenvalue weighted by Gasteiger charge is -2.69. The molecule has 4 aliphatic carbocycles. The molecule has 3 aromatic carbocycles. The van der Waals surface area contributed by atoms with E-state index in [1.807, 2.05) is 59.0 Å². The molecule has 3 aromatic heterocycles. The zero-order valence-corrected chi connectivity index (χ0v) is 60.7. The number of anilines is 3. The number of aromatic nitrogens is 4. The maximum Gasteiger partial charge on any atom is 0.410 e. The SMILES string of the molecule is C=CS(=O)(=O)NCCCCCC(=O)N[C@H](C(=O)C[C@@H](CCCNC(N)=O)C(=O)Nc1ccc(COC(=O)N(CCOC23CC4(C)CC(C)(CC(Cn5ncc(-c6ccc(N7CCc8cccc(C(=O)Nc9nc%10ccccc%10s9)c8C7)nc6C(=O)O)c5C)(C4)C2)C3)CCS(=O)(=O)O)cc1)C(C)C. The number of fused-ring (bicyclic) bond motifs is 2. The molecule has 0 radical (unpaired) electrons. The van der Waals surface area contributed by atoms with Crippen molar-refractivity contribution in [2.24, 2.45) is 33.8 Å². The Kier molecular flexibility index (Phi) is 23.8. The van der Waals surface area contributed by atoms with E-state index in [0.29, 0.717) is 97.0 Å². The average molecular weight is 1460 g/mol. The molecule has 2 unspecified atom stereocenters. The van der Waals surface area contributed by atoms with Crippen LogP contribution in [0, 0.1) is 35.0 Å². The number of unbranched alkanes of at least 4 members (excludes halogenated alkanes) is 2. The van der Waals surface area contributed by atoms with Crippen molar-refractivity contribution in [1.29, 1.82) is 0 Å². The molecule has 4 atom stereocenters. The molecule has 5 aliphatic rings. The van der Waals surface area contributed by atoms with E-state index in [9.17, 15) is 60.1 Å². The van der Waals surface area contributed by atoms with Gasteiger partial charge in [-0.3, -0.25) is 33.7 Å². The number of primary amides is 1. The van der Waals surface area contributed by atoms with E-state index < -0.39 is 67.5 Å². The number of carboxylic acids is 1. The number of hydrogen-bond acceptors (Lipinski definition) is 18. The minimum absolute atomic E-state index is 0.0313. The molecule has 1 aliphatic heterocycles. The van der Waals surface area contributed by atoms with Gasteiger partial charge in [-0.2, -0.15) is 13.5 Å². The topological polar surface area (TPSA) is 383 Å². The molecule has 6 amide bonds. The first-order valence-electron chi connectivity index (χ1n) is 34.5. The average Bonchev–Trinajstić information content (AvgIpc) is 0.733. The standard InChI is InChI=1S/C72H92N12O15S3/c1-7-101(93,94)76-29-12-8-9-20-60(86)80-61(46(2)3)57(85)35-50(16-14-28-74-66(73)91)63(87)77-51-23-21-48(22-24-51)38-98-68(92)82(32-34-102(95,96)97)31-33-99-72-42-69(5)39-70(6,43-72)41-71(40-69,44-72)45-84-47(4)54(36-75-84)52-25-26-59(79-62(52)65(89)90)83-30-27-49-15-13-17-53(55(49)37-83)64(88)81-67-78-56-18-10-11-19-58(56)100-67/h7,10-11,13,15,17-19,21-26,36,46,50,61,76H,1,8-9,12,14,16,20,27-35,37-45H2,2-6H3,(H,77,87)(H,80,86)(H,89,90)(H3,73,74,91)(H,78,81,88)(H,95,96,97)/t50-,61+,69?,70?,71?,72?/m1/s1. The van der Waals surface area contributed by atoms with E-state index in [2.05, 4.69) is 51.4 Å². The molecule has 4 fully saturated rings. The van der Waals surface area contributed by atoms with Gasteiger partial charge in [-0.25, -0.2) is 37.5 Å². The van der Waals surface area contributed by atoms with Crippen LogP contribution in [0.3, 0.4) is 0 Å². The van der Waals surface area contributed by atoms with Crippen molar-refractivity contribution in [3.8, 4) is 11.1 Å². The van der Waals surface area contributed by atoms with Crippen LogP contribution >= 0.6 is 11.3 Å². The summed E-state index contributed by atoms with van der Waals surface area (Å²) in [6.45, 7) is 14.4. The maximum atomic E-state index is 13.9. The number of sulfonamides is 1. The minimum atomic E-state index is -4.51. The third-order valence-electron chi connectivity index (χ3n) is 20.0. The summed E-state index contributed by atoms with van der Waals surface area (Å²) in [5.41, 5.74) is 9.89. The van der Waals surface area contributed by atoms with Gasteiger partial charge in [0.15, 0.2) is 16.6 Å². The third-order valence-corrected chi connectivity index (χ3v) is 22.7. The molecule has 11 rings (SSSR count). The summed E-state index contributed by atoms with van der Waals surface area (Å²) < 4.78 is 75.3. The number of carboxylic acid groups (broad SMARTS) is 1. The molecular weight excluding hydrogens is 1370 g/mol. The molecule has 0 saturated heterocycles. The number of nitrogens with one attached hydrogen (secondary N) is 5. The fraction of sp³-hybridized carbons (Fsp3) is 0.500. The van der Waals surface area contributed by atoms with Crippen molar-refractivity contribution in [3.05, 3.63) is 131 Å². The fourth-order valence-electron chi connectivity index (χ4n) is 16.5. The van der Waals surface area contributed by atoms with Crippen molar-refractivity contribution in [2.75, 3.05) is 60.6 Å². The Bertz CT molecular complexity index is 4320. The minimum Gasteiger partial charge on any atom is -0.476 e. The van der Waals surface area contributed by atoms with Gasteiger partial charge in [-0.05, 0) is 159 Å². The van der Waals surface area contributed by atoms with Crippen LogP contribution in [0.4, 0.5) is 26.2 Å². The molecule has 27 nitrogen and oxygen atoms in total. The molecular formula is C72H92N12O15S3. The van der Waals surface area contributed by atoms with Gasteiger partial charge in [0.05, 0.1) is 40.4 Å². The van der Waals surface area contributed by atoms with Crippen LogP contribution in [0.5, 0.6) is 0 Å². The van der Waals surface area contributed by atoms with Gasteiger partial charge < -0.3 is 46.1 Å². The second kappa shape index (κ2) is 31.9. The molecule has 102 heavy (non-hydrogen) atoms. The molecule has 4 heterocycles. The number of thiazole rings is 1. The number of ketones is 1. The van der Waals surface area contributed by atoms with Crippen LogP contribution in [-0.2, 0) is 70.1 Å². The highest BCUT2D eigenvalue weighted by Crippen LogP contribution is 2.72. The number of rotatable bonds is 35. The van der Waals surface area contributed by atoms with Crippen LogP contribution in [0.2, 0.25) is 0 Å². The highest BCUT2D eigenvalue weighted by molar-refractivity contribution is 7.92. The van der Waals surface area contributed by atoms with Crippen molar-refractivity contribution in [1.82, 2.24) is 40.0 Å². The zero-order valence-electron chi connectivity index (χ0n) is 58.3. The van der Waals surface area contributed by atoms with Crippen LogP contribution in [0.25, 0.3) is 21.3 Å². The number of amides is 6. The van der Waals surface area contributed by atoms with Gasteiger partial charge in [0, 0.05) is 98.1 Å². The van der Waals surface area contributed by atoms with Crippen molar-refractivity contribution >= 4 is 99.9 Å². The van der Waals surface area contributed by atoms with E-state index in [1.54, 1.807) is 56.4 Å². The zero-order chi connectivity index (χ0) is 73.4. The van der Waals surface area contributed by atoms with Crippen molar-refractivity contribution in [2.45, 2.75) is 156 Å². The number of carbonyl (C=O) groups is 7. The van der Waals surface area contributed by atoms with Gasteiger partial charge in [0.2, 0.25) is 21.8 Å². The van der Waals surface area contributed by atoms with E-state index >= 15 is 0 Å². The number of Topliss-reactive ketones (excluding diaryl/α,β-unsaturated/α-hetero) is 1. The summed E-state index contributed by atoms with van der Waals surface area (Å²) in [5, 5.41) is 28.1. The van der Waals surface area contributed by atoms with Gasteiger partial charge >= 0.3 is 18.1 Å². The monoisotopic (exact) mass is 1460 g/mol. The van der Waals surface area contributed by atoms with Crippen LogP contribution in [0.15, 0.2) is 97.0 Å². The van der Waals surface area contributed by atoms with Gasteiger partial charge in [-0.15, -0.1) is 0 Å². The van der Waals surface area contributed by atoms with Crippen LogP contribution < -0.4 is 36.6 Å². The van der Waals surface area contributed by atoms with E-state index in [0.717, 1.165) is 64.5 Å². The predicted molar refractivity (Wildman–Crippen MR) is 386 cm³/mol. The number of ether oxygens (including phenoxy) is 2. The lowest BCUT2D eigenvalue weighted by atomic mass is 9.39. The number of pyridine rings is 1. The smallest absolute Gasteiger partial charge is 0.410 e. The van der Waals surface area contributed by atoms with Gasteiger partial charge in [0.1, 0.15) is 12.4 Å². The highest BCUT2D eigenvalue weighted by atomic mass is 32.2. The third kappa shape index (κ3) is 19.3. The molecule has 9 N–H and O–H groups in total. The summed E-state index contributed by atoms with van der Waals surface area (Å²) in [4.78, 5) is 106. The number of aromatic carboxylic acids is 1. The molecule has 548 valence electrons. The summed E-state index contributed by atoms with van der Waals surface area (Å²) in [5.74, 6) is -4.19. The molecule has 4 bridgehead atoms. The molecule has 0 spiro atoms. The van der Waals surface area contributed by atoms with Crippen LogP contribution in [0.1, 0.15) is 154 Å². The first kappa shape index (κ1) is 76.0. The highest BCUT2D eigenvalue weighted by Gasteiger charge is 2.66. The molecule has 6 aromatic rings. The van der Waals surface area contributed by atoms with Crippen molar-refractivity contribution in [3.63, 3.8) is 0 Å². The van der Waals surface area contributed by atoms with Gasteiger partial charge in [0.25, 0.3) is 16.0 Å². The maximum absolute atomic E-state index is 13.9. The molecule has 4 saturated carbocycles. The van der Waals surface area contributed by atoms with E-state index in [1.165, 1.54) is 16.2 Å². The number of para-hydroxylation sites is 1.